The van der Waals surface area contributed by atoms with Crippen molar-refractivity contribution in [2.24, 2.45) is 0 Å². The molecule has 6 nitrogen and oxygen atoms in total. The lowest BCUT2D eigenvalue weighted by atomic mass is 9.80. The number of esters is 1. The summed E-state index contributed by atoms with van der Waals surface area (Å²) in [4.78, 5) is 24.7. The predicted molar refractivity (Wildman–Crippen MR) is 82.5 cm³/mol. The molecule has 1 atom stereocenters. The number of phenols is 1. The number of benzene rings is 1. The van der Waals surface area contributed by atoms with Crippen LogP contribution in [0.5, 0.6) is 11.5 Å². The summed E-state index contributed by atoms with van der Waals surface area (Å²) < 4.78 is 10.8. The second-order valence-corrected chi connectivity index (χ2v) is 5.91. The van der Waals surface area contributed by atoms with E-state index in [2.05, 4.69) is 0 Å². The Hall–Kier alpha value is -3.02. The van der Waals surface area contributed by atoms with E-state index in [-0.39, 0.29) is 29.6 Å². The maximum Gasteiger partial charge on any atom is 0.323 e. The van der Waals surface area contributed by atoms with Crippen LogP contribution in [-0.2, 0) is 14.3 Å². The van der Waals surface area contributed by atoms with Gasteiger partial charge in [-0.05, 0) is 24.1 Å². The number of ether oxygens (including phenoxy) is 2. The van der Waals surface area contributed by atoms with Crippen molar-refractivity contribution in [1.29, 1.82) is 0 Å². The van der Waals surface area contributed by atoms with Crippen molar-refractivity contribution >= 4 is 11.8 Å². The Bertz CT molecular complexity index is 858. The smallest absolute Gasteiger partial charge is 0.323 e. The number of phenolic OH excluding ortho intramolecular Hbond substituents is 1. The Balaban J connectivity index is 1.93. The minimum Gasteiger partial charge on any atom is -0.512 e. The molecular weight excluding hydrogens is 312 g/mol. The fourth-order valence-electron chi connectivity index (χ4n) is 3.25. The van der Waals surface area contributed by atoms with Gasteiger partial charge < -0.3 is 19.7 Å². The highest BCUT2D eigenvalue weighted by Crippen LogP contribution is 2.45. The molecule has 0 spiro atoms. The Kier molecular flexibility index (Phi) is 3.19. The van der Waals surface area contributed by atoms with E-state index in [0.717, 1.165) is 5.57 Å². The summed E-state index contributed by atoms with van der Waals surface area (Å²) in [6.45, 7) is -0.175. The van der Waals surface area contributed by atoms with E-state index >= 15 is 0 Å². The van der Waals surface area contributed by atoms with Gasteiger partial charge in [0.2, 0.25) is 0 Å². The van der Waals surface area contributed by atoms with Crippen molar-refractivity contribution in [3.05, 3.63) is 58.6 Å². The molecule has 2 N–H and O–H groups in total. The Morgan fingerprint density at radius 2 is 1.92 bits per heavy atom. The van der Waals surface area contributed by atoms with Gasteiger partial charge in [-0.3, -0.25) is 9.59 Å². The number of carbonyl (C=O) groups excluding carboxylic acids is 2. The first-order valence-corrected chi connectivity index (χ1v) is 7.58. The number of hydrogen-bond donors (Lipinski definition) is 2. The molecule has 0 saturated heterocycles. The van der Waals surface area contributed by atoms with Gasteiger partial charge in [-0.2, -0.15) is 0 Å². The van der Waals surface area contributed by atoms with Gasteiger partial charge in [0.1, 0.15) is 23.2 Å². The molecule has 1 aromatic carbocycles. The maximum absolute atomic E-state index is 12.6. The van der Waals surface area contributed by atoms with Gasteiger partial charge >= 0.3 is 5.97 Å². The SMILES string of the molecule is O=C1/C=C2/C3=C(C=C(O)CC3)OC(=O)C2c2ccc(O)cc2OC1. The average Bonchev–Trinajstić information content (AvgIpc) is 2.52. The van der Waals surface area contributed by atoms with Crippen LogP contribution in [-0.4, -0.2) is 28.6 Å². The lowest BCUT2D eigenvalue weighted by molar-refractivity contribution is -0.140. The molecule has 0 radical (unpaired) electrons. The third kappa shape index (κ3) is 2.27. The summed E-state index contributed by atoms with van der Waals surface area (Å²) in [5.74, 6) is -0.902. The quantitative estimate of drug-likeness (QED) is 0.711. The molecule has 0 aromatic heterocycles. The minimum atomic E-state index is -0.794. The summed E-state index contributed by atoms with van der Waals surface area (Å²) in [6.07, 6.45) is 3.75. The summed E-state index contributed by atoms with van der Waals surface area (Å²) in [6, 6.07) is 4.45. The molecule has 3 aliphatic rings. The third-order valence-electron chi connectivity index (χ3n) is 4.33. The van der Waals surface area contributed by atoms with Crippen LogP contribution < -0.4 is 4.74 Å². The molecule has 1 aliphatic carbocycles. The van der Waals surface area contributed by atoms with E-state index in [1.807, 2.05) is 0 Å². The zero-order chi connectivity index (χ0) is 16.8. The highest BCUT2D eigenvalue weighted by molar-refractivity contribution is 5.97. The van der Waals surface area contributed by atoms with Gasteiger partial charge in [-0.25, -0.2) is 0 Å². The van der Waals surface area contributed by atoms with Crippen LogP contribution in [0.2, 0.25) is 0 Å². The Morgan fingerprint density at radius 3 is 2.75 bits per heavy atom. The maximum atomic E-state index is 12.6. The van der Waals surface area contributed by atoms with Crippen molar-refractivity contribution in [2.45, 2.75) is 18.8 Å². The normalized spacial score (nSPS) is 24.9. The molecule has 2 heterocycles. The van der Waals surface area contributed by atoms with Gasteiger partial charge in [-0.1, -0.05) is 6.07 Å². The number of rotatable bonds is 0. The topological polar surface area (TPSA) is 93.1 Å². The molecule has 6 heteroatoms. The van der Waals surface area contributed by atoms with E-state index in [1.165, 1.54) is 24.3 Å². The van der Waals surface area contributed by atoms with Gasteiger partial charge in [-0.15, -0.1) is 0 Å². The van der Waals surface area contributed by atoms with E-state index in [0.29, 0.717) is 29.7 Å². The fraction of sp³-hybridized carbons (Fsp3) is 0.222. The van der Waals surface area contributed by atoms with Crippen molar-refractivity contribution in [3.8, 4) is 11.5 Å². The van der Waals surface area contributed by atoms with Crippen LogP contribution in [0, 0.1) is 0 Å². The van der Waals surface area contributed by atoms with E-state index in [1.54, 1.807) is 6.07 Å². The van der Waals surface area contributed by atoms with E-state index < -0.39 is 11.9 Å². The van der Waals surface area contributed by atoms with Gasteiger partial charge in [0.15, 0.2) is 12.4 Å². The van der Waals surface area contributed by atoms with Crippen LogP contribution in [0.3, 0.4) is 0 Å². The molecule has 0 fully saturated rings. The Labute approximate surface area is 137 Å². The highest BCUT2D eigenvalue weighted by Gasteiger charge is 2.39. The molecule has 4 rings (SSSR count). The van der Waals surface area contributed by atoms with Crippen LogP contribution in [0.1, 0.15) is 24.3 Å². The number of ketones is 1. The second kappa shape index (κ2) is 5.26. The van der Waals surface area contributed by atoms with Crippen LogP contribution in [0.15, 0.2) is 53.0 Å². The zero-order valence-corrected chi connectivity index (χ0v) is 12.6. The van der Waals surface area contributed by atoms with Crippen molar-refractivity contribution in [3.63, 3.8) is 0 Å². The molecule has 0 saturated carbocycles. The summed E-state index contributed by atoms with van der Waals surface area (Å²) in [5, 5.41) is 19.3. The summed E-state index contributed by atoms with van der Waals surface area (Å²) in [7, 11) is 0. The monoisotopic (exact) mass is 326 g/mol. The molecular formula is C18H14O6. The molecule has 1 aromatic rings. The largest absolute Gasteiger partial charge is 0.512 e. The van der Waals surface area contributed by atoms with Gasteiger partial charge in [0.25, 0.3) is 0 Å². The predicted octanol–water partition coefficient (Wildman–Crippen LogP) is 2.41. The van der Waals surface area contributed by atoms with Crippen molar-refractivity contribution in [1.82, 2.24) is 0 Å². The van der Waals surface area contributed by atoms with Crippen molar-refractivity contribution < 1.29 is 29.3 Å². The number of aromatic hydroxyl groups is 1. The fourth-order valence-corrected chi connectivity index (χ4v) is 3.25. The molecule has 2 aliphatic heterocycles. The van der Waals surface area contributed by atoms with E-state index in [4.69, 9.17) is 9.47 Å². The molecule has 0 bridgehead atoms. The zero-order valence-electron chi connectivity index (χ0n) is 12.6. The highest BCUT2D eigenvalue weighted by atomic mass is 16.5. The first kappa shape index (κ1) is 14.6. The first-order chi connectivity index (χ1) is 11.5. The molecule has 0 amide bonds. The number of fused-ring (bicyclic) bond motifs is 4. The van der Waals surface area contributed by atoms with Crippen LogP contribution >= 0.6 is 0 Å². The number of aliphatic hydroxyl groups is 1. The lowest BCUT2D eigenvalue weighted by Crippen LogP contribution is -2.29. The number of aliphatic hydroxyl groups excluding tert-OH is 1. The summed E-state index contributed by atoms with van der Waals surface area (Å²) >= 11 is 0. The third-order valence-corrected chi connectivity index (χ3v) is 4.33. The first-order valence-electron chi connectivity index (χ1n) is 7.58. The van der Waals surface area contributed by atoms with Crippen molar-refractivity contribution in [2.75, 3.05) is 6.61 Å². The van der Waals surface area contributed by atoms with Crippen LogP contribution in [0.25, 0.3) is 0 Å². The van der Waals surface area contributed by atoms with Crippen LogP contribution in [0.4, 0.5) is 0 Å². The molecule has 122 valence electrons. The minimum absolute atomic E-state index is 0.0121. The molecule has 24 heavy (non-hydrogen) atoms. The number of carbonyl (C=O) groups is 2. The number of hydrogen-bond acceptors (Lipinski definition) is 6. The summed E-state index contributed by atoms with van der Waals surface area (Å²) in [5.41, 5.74) is 1.86. The standard InChI is InChI=1S/C18H14O6/c19-9-2-4-13-15(6-9)23-8-11(21)5-14-12-3-1-10(20)7-16(12)24-18(22)17(13)14/h2,4-7,17,19-20H,1,3,8H2/b14-5-. The molecule has 1 unspecified atom stereocenters. The lowest BCUT2D eigenvalue weighted by Gasteiger charge is -2.32. The second-order valence-electron chi connectivity index (χ2n) is 5.91. The van der Waals surface area contributed by atoms with Gasteiger partial charge in [0, 0.05) is 29.7 Å². The van der Waals surface area contributed by atoms with E-state index in [9.17, 15) is 19.8 Å². The Morgan fingerprint density at radius 1 is 1.08 bits per heavy atom. The average molecular weight is 326 g/mol. The van der Waals surface area contributed by atoms with Gasteiger partial charge in [0.05, 0.1) is 5.76 Å². The number of allylic oxidation sites excluding steroid dienone is 3.